The van der Waals surface area contributed by atoms with E-state index in [1.165, 1.54) is 55.8 Å². The number of benzene rings is 3. The summed E-state index contributed by atoms with van der Waals surface area (Å²) < 4.78 is 3.04. The summed E-state index contributed by atoms with van der Waals surface area (Å²) in [5, 5.41) is 15.5. The van der Waals surface area contributed by atoms with Crippen LogP contribution >= 0.6 is 0 Å². The van der Waals surface area contributed by atoms with Crippen molar-refractivity contribution in [2.24, 2.45) is 10.8 Å². The van der Waals surface area contributed by atoms with Gasteiger partial charge in [-0.15, -0.1) is 0 Å². The zero-order chi connectivity index (χ0) is 39.3. The van der Waals surface area contributed by atoms with E-state index in [0.29, 0.717) is 0 Å². The van der Waals surface area contributed by atoms with E-state index < -0.39 is 0 Å². The maximum absolute atomic E-state index is 12.2. The maximum atomic E-state index is 12.2. The minimum Gasteiger partial charge on any atom is 0 e. The minimum absolute atomic E-state index is 0. The molecule has 1 N–H and O–H groups in total. The Hall–Kier alpha value is -2.55. The number of pyridine rings is 1. The summed E-state index contributed by atoms with van der Waals surface area (Å²) in [6, 6.07) is 19.6. The van der Waals surface area contributed by atoms with Crippen molar-refractivity contribution in [1.82, 2.24) is 4.98 Å². The SMILES string of the molecule is CCC(C)(CC)C(=O)/C=C(\O)C(C)(CC)CC.Cc1cc2c(c3[se]c4c(-c5[c-]c6ccccc6c(C(C)(C)C)c5)nccc4c13)C(C)(C)CCC2(C)C.[Ir]. The fourth-order valence-electron chi connectivity index (χ4n) is 8.02. The summed E-state index contributed by atoms with van der Waals surface area (Å²) in [5.41, 5.74) is 8.12. The molecule has 54 heavy (non-hydrogen) atoms. The predicted molar refractivity (Wildman–Crippen MR) is 230 cm³/mol. The van der Waals surface area contributed by atoms with E-state index in [2.05, 4.69) is 104 Å². The van der Waals surface area contributed by atoms with Crippen molar-refractivity contribution in [1.29, 1.82) is 0 Å². The molecule has 1 aliphatic rings. The average molecular weight is 970 g/mol. The first kappa shape index (κ1) is 44.2. The number of allylic oxidation sites excluding steroid dienone is 2. The summed E-state index contributed by atoms with van der Waals surface area (Å²) in [6.07, 6.45) is 9.27. The number of aromatic nitrogens is 1. The molecule has 5 aromatic rings. The maximum Gasteiger partial charge on any atom is 0 e. The summed E-state index contributed by atoms with van der Waals surface area (Å²) in [7, 11) is 0. The number of aliphatic hydroxyl groups excluding tert-OH is 1. The minimum atomic E-state index is -0.337. The van der Waals surface area contributed by atoms with Gasteiger partial charge in [-0.05, 0) is 25.7 Å². The molecular weight excluding hydrogens is 906 g/mol. The Morgan fingerprint density at radius 1 is 0.852 bits per heavy atom. The van der Waals surface area contributed by atoms with Gasteiger partial charge in [0.05, 0.1) is 0 Å². The number of hydrogen-bond donors (Lipinski definition) is 1. The van der Waals surface area contributed by atoms with E-state index in [0.717, 1.165) is 36.9 Å². The molecule has 3 aromatic carbocycles. The number of ketones is 1. The molecule has 0 atom stereocenters. The van der Waals surface area contributed by atoms with Crippen molar-refractivity contribution in [3.05, 3.63) is 88.8 Å². The Balaban J connectivity index is 0.000000309. The molecule has 0 aliphatic heterocycles. The van der Waals surface area contributed by atoms with Crippen LogP contribution in [0.5, 0.6) is 0 Å². The van der Waals surface area contributed by atoms with Crippen molar-refractivity contribution < 1.29 is 30.0 Å². The van der Waals surface area contributed by atoms with Crippen LogP contribution in [-0.2, 0) is 41.1 Å². The van der Waals surface area contributed by atoms with Gasteiger partial charge in [-0.1, -0.05) is 41.5 Å². The second kappa shape index (κ2) is 16.1. The number of carbonyl (C=O) groups excluding carboxylic acids is 1. The number of fused-ring (bicyclic) bond motifs is 6. The average Bonchev–Trinajstić information content (AvgIpc) is 3.52. The first-order valence-electron chi connectivity index (χ1n) is 19.9. The van der Waals surface area contributed by atoms with Gasteiger partial charge >= 0.3 is 222 Å². The van der Waals surface area contributed by atoms with Crippen molar-refractivity contribution >= 4 is 50.4 Å². The van der Waals surface area contributed by atoms with Crippen LogP contribution in [0.3, 0.4) is 0 Å². The summed E-state index contributed by atoms with van der Waals surface area (Å²) >= 11 is 0.219. The van der Waals surface area contributed by atoms with Crippen LogP contribution in [0.2, 0.25) is 0 Å². The van der Waals surface area contributed by atoms with E-state index in [9.17, 15) is 9.90 Å². The molecule has 5 heteroatoms. The molecule has 0 saturated carbocycles. The zero-order valence-electron chi connectivity index (χ0n) is 35.5. The van der Waals surface area contributed by atoms with Gasteiger partial charge in [0.1, 0.15) is 5.76 Å². The summed E-state index contributed by atoms with van der Waals surface area (Å²) in [4.78, 5) is 17.2. The normalized spacial score (nSPS) is 15.8. The summed E-state index contributed by atoms with van der Waals surface area (Å²) in [6.45, 7) is 31.1. The predicted octanol–water partition coefficient (Wildman–Crippen LogP) is 13.7. The van der Waals surface area contributed by atoms with Crippen LogP contribution in [0, 0.1) is 23.8 Å². The molecular formula is C49H64IrNO2Se-. The van der Waals surface area contributed by atoms with Crippen LogP contribution in [0.1, 0.15) is 151 Å². The first-order valence-corrected chi connectivity index (χ1v) is 21.7. The Morgan fingerprint density at radius 2 is 1.44 bits per heavy atom. The number of aryl methyl sites for hydroxylation is 1. The smallest absolute Gasteiger partial charge is 0 e. The van der Waals surface area contributed by atoms with E-state index >= 15 is 0 Å². The molecule has 293 valence electrons. The third-order valence-electron chi connectivity index (χ3n) is 13.1. The van der Waals surface area contributed by atoms with E-state index in [-0.39, 0.29) is 73.2 Å². The third kappa shape index (κ3) is 8.14. The van der Waals surface area contributed by atoms with E-state index in [4.69, 9.17) is 4.98 Å². The molecule has 0 unspecified atom stereocenters. The molecule has 0 saturated heterocycles. The molecule has 0 spiro atoms. The van der Waals surface area contributed by atoms with Gasteiger partial charge in [0, 0.05) is 37.0 Å². The molecule has 2 aromatic heterocycles. The van der Waals surface area contributed by atoms with Gasteiger partial charge in [-0.2, -0.15) is 0 Å². The Morgan fingerprint density at radius 3 is 2.04 bits per heavy atom. The summed E-state index contributed by atoms with van der Waals surface area (Å²) in [5.74, 6) is 0.286. The van der Waals surface area contributed by atoms with Crippen LogP contribution in [0.4, 0.5) is 0 Å². The van der Waals surface area contributed by atoms with Crippen molar-refractivity contribution in [3.8, 4) is 11.3 Å². The van der Waals surface area contributed by atoms with Crippen LogP contribution in [-0.4, -0.2) is 30.4 Å². The molecule has 0 amide bonds. The molecule has 0 bridgehead atoms. The van der Waals surface area contributed by atoms with Gasteiger partial charge in [0.25, 0.3) is 0 Å². The number of aliphatic hydroxyl groups is 1. The molecule has 3 nitrogen and oxygen atoms in total. The van der Waals surface area contributed by atoms with Gasteiger partial charge in [-0.3, -0.25) is 4.79 Å². The molecule has 1 aliphatic carbocycles. The monoisotopic (exact) mass is 971 g/mol. The van der Waals surface area contributed by atoms with Gasteiger partial charge in [-0.25, -0.2) is 0 Å². The van der Waals surface area contributed by atoms with Crippen LogP contribution < -0.4 is 0 Å². The largest absolute Gasteiger partial charge is 0 e. The van der Waals surface area contributed by atoms with Crippen molar-refractivity contribution in [2.75, 3.05) is 0 Å². The Labute approximate surface area is 345 Å². The van der Waals surface area contributed by atoms with Gasteiger partial charge < -0.3 is 5.11 Å². The number of rotatable bonds is 8. The fourth-order valence-corrected chi connectivity index (χ4v) is 11.4. The number of nitrogens with zero attached hydrogens (tertiary/aromatic N) is 1. The Kier molecular flexibility index (Phi) is 13.2. The van der Waals surface area contributed by atoms with Crippen molar-refractivity contribution in [2.45, 2.75) is 152 Å². The molecule has 0 fully saturated rings. The number of carbonyl (C=O) groups is 1. The van der Waals surface area contributed by atoms with Gasteiger partial charge in [0.2, 0.25) is 0 Å². The van der Waals surface area contributed by atoms with Crippen molar-refractivity contribution in [3.63, 3.8) is 0 Å². The second-order valence-electron chi connectivity index (χ2n) is 18.5. The second-order valence-corrected chi connectivity index (χ2v) is 20.7. The van der Waals surface area contributed by atoms with E-state index in [1.807, 2.05) is 47.7 Å². The third-order valence-corrected chi connectivity index (χ3v) is 15.7. The van der Waals surface area contributed by atoms with Crippen LogP contribution in [0.15, 0.2) is 60.5 Å². The topological polar surface area (TPSA) is 50.2 Å². The number of hydrogen-bond acceptors (Lipinski definition) is 3. The molecule has 1 radical (unpaired) electrons. The Bertz CT molecular complexity index is 2190. The van der Waals surface area contributed by atoms with Crippen LogP contribution in [0.25, 0.3) is 41.3 Å². The molecule has 6 rings (SSSR count). The zero-order valence-corrected chi connectivity index (χ0v) is 39.6. The van der Waals surface area contributed by atoms with E-state index in [1.54, 1.807) is 15.4 Å². The quantitative estimate of drug-likeness (QED) is 0.0730. The van der Waals surface area contributed by atoms with Gasteiger partial charge in [0.15, 0.2) is 5.78 Å². The first-order chi connectivity index (χ1) is 24.7. The fraction of sp³-hybridized carbons (Fsp3) is 0.510. The molecule has 2 heterocycles. The standard InChI is InChI=1S/C34H36NSe.C15H28O2.Ir/c1-20-17-26-28(34(7,8)15-14-33(26,5)6)31-27(20)24-13-16-35-29(30(24)36-31)22-18-21-11-9-10-12-23(21)25(19-22)32(2,3)4;1-7-14(5,8-2)12(16)11-13(17)15(6,9-3)10-4;/h9-13,16-17,19H,14-15H2,1-8H3;11,16H,7-10H2,1-6H3;/q-1;;/b;12-11-;.